The highest BCUT2D eigenvalue weighted by atomic mass is 19.4. The molecule has 0 bridgehead atoms. The first kappa shape index (κ1) is 18.1. The summed E-state index contributed by atoms with van der Waals surface area (Å²) in [6.45, 7) is 1.93. The quantitative estimate of drug-likeness (QED) is 0.830. The molecule has 1 aromatic rings. The summed E-state index contributed by atoms with van der Waals surface area (Å²) in [6.07, 6.45) is -13.7. The molecule has 0 aliphatic carbocycles. The lowest BCUT2D eigenvalue weighted by Crippen LogP contribution is -2.50. The van der Waals surface area contributed by atoms with E-state index in [-0.39, 0.29) is 17.4 Å². The molecule has 22 heavy (non-hydrogen) atoms. The summed E-state index contributed by atoms with van der Waals surface area (Å²) < 4.78 is 94.7. The third-order valence-electron chi connectivity index (χ3n) is 3.10. The largest absolute Gasteiger partial charge is 0.435 e. The van der Waals surface area contributed by atoms with E-state index in [9.17, 15) is 35.5 Å². The molecule has 0 heterocycles. The van der Waals surface area contributed by atoms with E-state index in [1.165, 1.54) is 0 Å². The Morgan fingerprint density at radius 1 is 0.955 bits per heavy atom. The van der Waals surface area contributed by atoms with Crippen molar-refractivity contribution in [1.29, 1.82) is 0 Å². The van der Waals surface area contributed by atoms with Gasteiger partial charge < -0.3 is 10.5 Å². The number of primary amides is 1. The van der Waals surface area contributed by atoms with Crippen molar-refractivity contribution < 1.29 is 40.3 Å². The summed E-state index contributed by atoms with van der Waals surface area (Å²) in [4.78, 5) is 10.6. The van der Waals surface area contributed by atoms with E-state index in [4.69, 9.17) is 5.73 Å². The monoisotopic (exact) mass is 333 g/mol. The summed E-state index contributed by atoms with van der Waals surface area (Å²) in [5, 5.41) is 0. The van der Waals surface area contributed by atoms with Crippen LogP contribution in [-0.4, -0.2) is 18.4 Å². The Labute approximate surface area is 119 Å². The number of carbonyl (C=O) groups is 1. The van der Waals surface area contributed by atoms with E-state index in [1.807, 2.05) is 0 Å². The number of hydrogen-bond acceptors (Lipinski definition) is 2. The zero-order valence-electron chi connectivity index (χ0n) is 11.2. The normalized spacial score (nSPS) is 13.1. The number of rotatable bonds is 2. The van der Waals surface area contributed by atoms with Gasteiger partial charge in [-0.3, -0.25) is 0 Å². The van der Waals surface area contributed by atoms with Gasteiger partial charge in [-0.05, 0) is 31.0 Å². The molecule has 0 atom stereocenters. The minimum Gasteiger partial charge on any atom is -0.410 e. The number of ether oxygens (including phenoxy) is 1. The number of nitrogens with two attached hydrogens (primary N) is 1. The first-order valence-corrected chi connectivity index (χ1v) is 5.63. The average molecular weight is 333 g/mol. The van der Waals surface area contributed by atoms with Crippen LogP contribution < -0.4 is 10.5 Å². The van der Waals surface area contributed by atoms with Crippen molar-refractivity contribution in [3.8, 4) is 5.75 Å². The van der Waals surface area contributed by atoms with E-state index in [0.29, 0.717) is 6.07 Å². The molecule has 2 N–H and O–H groups in total. The van der Waals surface area contributed by atoms with Crippen molar-refractivity contribution >= 4 is 6.09 Å². The number of hydrogen-bond donors (Lipinski definition) is 1. The van der Waals surface area contributed by atoms with Crippen LogP contribution in [-0.2, 0) is 5.67 Å². The molecule has 1 rings (SSSR count). The van der Waals surface area contributed by atoms with Gasteiger partial charge in [0.15, 0.2) is 0 Å². The fourth-order valence-corrected chi connectivity index (χ4v) is 1.85. The van der Waals surface area contributed by atoms with E-state index >= 15 is 0 Å². The number of benzene rings is 1. The molecule has 0 saturated heterocycles. The summed E-state index contributed by atoms with van der Waals surface area (Å²) in [7, 11) is 0. The van der Waals surface area contributed by atoms with Crippen LogP contribution in [0.25, 0.3) is 0 Å². The van der Waals surface area contributed by atoms with E-state index in [1.54, 1.807) is 0 Å². The maximum absolute atomic E-state index is 14.0. The van der Waals surface area contributed by atoms with Crippen LogP contribution in [0.4, 0.5) is 35.5 Å². The molecule has 1 amide bonds. The van der Waals surface area contributed by atoms with E-state index in [0.717, 1.165) is 13.8 Å². The van der Waals surface area contributed by atoms with Gasteiger partial charge in [0.1, 0.15) is 5.75 Å². The van der Waals surface area contributed by atoms with E-state index in [2.05, 4.69) is 4.74 Å². The summed E-state index contributed by atoms with van der Waals surface area (Å²) in [5.41, 5.74) is -3.38. The second-order valence-corrected chi connectivity index (χ2v) is 4.44. The highest BCUT2D eigenvalue weighted by molar-refractivity contribution is 5.69. The standard InChI is InChI=1S/C12H10F7NO2/c1-5-6(2)8(22-9(20)21)4-3-7(5)10(13,11(14,15)16)12(17,18)19/h3-4H,1-2H3,(H2,20,21). The number of halogens is 7. The lowest BCUT2D eigenvalue weighted by Gasteiger charge is -2.32. The molecule has 10 heteroatoms. The minimum atomic E-state index is -6.21. The fourth-order valence-electron chi connectivity index (χ4n) is 1.85. The van der Waals surface area contributed by atoms with Gasteiger partial charge in [0, 0.05) is 5.56 Å². The smallest absolute Gasteiger partial charge is 0.410 e. The van der Waals surface area contributed by atoms with Crippen molar-refractivity contribution in [2.24, 2.45) is 5.73 Å². The van der Waals surface area contributed by atoms with Gasteiger partial charge in [-0.2, -0.15) is 26.3 Å². The molecule has 124 valence electrons. The first-order valence-electron chi connectivity index (χ1n) is 5.63. The highest BCUT2D eigenvalue weighted by Crippen LogP contribution is 2.54. The minimum absolute atomic E-state index is 0.265. The van der Waals surface area contributed by atoms with Gasteiger partial charge in [0.05, 0.1) is 0 Å². The first-order chi connectivity index (χ1) is 9.73. The van der Waals surface area contributed by atoms with Gasteiger partial charge in [-0.25, -0.2) is 9.18 Å². The molecule has 0 saturated carbocycles. The number of alkyl halides is 7. The second kappa shape index (κ2) is 5.33. The summed E-state index contributed by atoms with van der Waals surface area (Å²) in [6, 6.07) is 0.885. The molecule has 3 nitrogen and oxygen atoms in total. The second-order valence-electron chi connectivity index (χ2n) is 4.44. The van der Waals surface area contributed by atoms with Crippen molar-refractivity contribution in [2.75, 3.05) is 0 Å². The summed E-state index contributed by atoms with van der Waals surface area (Å²) >= 11 is 0. The van der Waals surface area contributed by atoms with Gasteiger partial charge in [-0.15, -0.1) is 0 Å². The Hall–Kier alpha value is -2.00. The Bertz CT molecular complexity index is 578. The number of amides is 1. The van der Waals surface area contributed by atoms with Gasteiger partial charge in [-0.1, -0.05) is 6.07 Å². The Kier molecular flexibility index (Phi) is 4.37. The Morgan fingerprint density at radius 3 is 1.77 bits per heavy atom. The highest BCUT2D eigenvalue weighted by Gasteiger charge is 2.73. The fraction of sp³-hybridized carbons (Fsp3) is 0.417. The van der Waals surface area contributed by atoms with Crippen molar-refractivity contribution in [3.63, 3.8) is 0 Å². The van der Waals surface area contributed by atoms with Crippen LogP contribution in [0.2, 0.25) is 0 Å². The molecule has 0 aliphatic heterocycles. The lowest BCUT2D eigenvalue weighted by atomic mass is 9.88. The molecule has 0 fully saturated rings. The van der Waals surface area contributed by atoms with Crippen LogP contribution in [0.15, 0.2) is 12.1 Å². The van der Waals surface area contributed by atoms with Gasteiger partial charge >= 0.3 is 24.1 Å². The van der Waals surface area contributed by atoms with Crippen molar-refractivity contribution in [3.05, 3.63) is 28.8 Å². The maximum Gasteiger partial charge on any atom is 0.435 e. The predicted molar refractivity (Wildman–Crippen MR) is 61.0 cm³/mol. The topological polar surface area (TPSA) is 52.3 Å². The molecule has 0 aromatic heterocycles. The van der Waals surface area contributed by atoms with E-state index < -0.39 is 35.2 Å². The number of carbonyl (C=O) groups excluding carboxylic acids is 1. The molecule has 1 aromatic carbocycles. The van der Waals surface area contributed by atoms with Crippen LogP contribution in [0.1, 0.15) is 16.7 Å². The van der Waals surface area contributed by atoms with Gasteiger partial charge in [0.2, 0.25) is 0 Å². The van der Waals surface area contributed by atoms with Crippen LogP contribution >= 0.6 is 0 Å². The Balaban J connectivity index is 3.60. The molecule has 0 unspecified atom stereocenters. The zero-order valence-corrected chi connectivity index (χ0v) is 11.2. The Morgan fingerprint density at radius 2 is 1.41 bits per heavy atom. The van der Waals surface area contributed by atoms with Gasteiger partial charge in [0.25, 0.3) is 0 Å². The molecule has 0 aliphatic rings. The van der Waals surface area contributed by atoms with Crippen LogP contribution in [0.5, 0.6) is 5.75 Å². The molecule has 0 radical (unpaired) electrons. The van der Waals surface area contributed by atoms with Crippen molar-refractivity contribution in [1.82, 2.24) is 0 Å². The molecular weight excluding hydrogens is 323 g/mol. The summed E-state index contributed by atoms with van der Waals surface area (Å²) in [5.74, 6) is -0.361. The maximum atomic E-state index is 14.0. The third-order valence-corrected chi connectivity index (χ3v) is 3.10. The molecular formula is C12H10F7NO2. The lowest BCUT2D eigenvalue weighted by molar-refractivity contribution is -0.348. The molecule has 0 spiro atoms. The SMILES string of the molecule is Cc1c(OC(N)=O)ccc(C(F)(C(F)(F)F)C(F)(F)F)c1C. The average Bonchev–Trinajstić information content (AvgIpc) is 2.31. The zero-order chi connectivity index (χ0) is 17.5. The van der Waals surface area contributed by atoms with Crippen molar-refractivity contribution in [2.45, 2.75) is 31.9 Å². The predicted octanol–water partition coefficient (Wildman–Crippen LogP) is 4.05. The third kappa shape index (κ3) is 2.81. The van der Waals surface area contributed by atoms with Crippen LogP contribution in [0.3, 0.4) is 0 Å². The van der Waals surface area contributed by atoms with Crippen LogP contribution in [0, 0.1) is 13.8 Å².